The van der Waals surface area contributed by atoms with Crippen LogP contribution in [0.15, 0.2) is 76.9 Å². The Hall–Kier alpha value is -3.57. The van der Waals surface area contributed by atoms with Crippen molar-refractivity contribution < 1.29 is 9.13 Å². The van der Waals surface area contributed by atoms with Gasteiger partial charge < -0.3 is 9.64 Å². The molecule has 148 valence electrons. The minimum absolute atomic E-state index is 0.0627. The SMILES string of the molecule is C/C(C#N)=C1\OC(C)(C)C(C(/F)=C/C=C/C=C/c2ccc(N(C)C)cc2)=C1C#N. The van der Waals surface area contributed by atoms with E-state index in [9.17, 15) is 9.65 Å². The van der Waals surface area contributed by atoms with Crippen LogP contribution in [0.1, 0.15) is 26.3 Å². The van der Waals surface area contributed by atoms with E-state index in [1.54, 1.807) is 32.9 Å². The molecular weight excluding hydrogens is 365 g/mol. The molecule has 0 aliphatic carbocycles. The minimum atomic E-state index is -1.03. The Morgan fingerprint density at radius 3 is 2.31 bits per heavy atom. The average Bonchev–Trinajstić information content (AvgIpc) is 2.97. The second-order valence-corrected chi connectivity index (χ2v) is 7.28. The summed E-state index contributed by atoms with van der Waals surface area (Å²) in [5, 5.41) is 18.6. The summed E-state index contributed by atoms with van der Waals surface area (Å²) in [6.07, 6.45) is 8.31. The van der Waals surface area contributed by atoms with Crippen LogP contribution in [0, 0.1) is 22.7 Å². The monoisotopic (exact) mass is 389 g/mol. The third-order valence-corrected chi connectivity index (χ3v) is 4.46. The molecule has 0 bridgehead atoms. The van der Waals surface area contributed by atoms with Crippen LogP contribution in [0.2, 0.25) is 0 Å². The van der Waals surface area contributed by atoms with Crippen molar-refractivity contribution in [2.24, 2.45) is 0 Å². The Morgan fingerprint density at radius 2 is 1.76 bits per heavy atom. The Morgan fingerprint density at radius 1 is 1.10 bits per heavy atom. The maximum atomic E-state index is 14.8. The topological polar surface area (TPSA) is 60.0 Å². The van der Waals surface area contributed by atoms with E-state index in [0.29, 0.717) is 0 Å². The first-order valence-electron chi connectivity index (χ1n) is 9.14. The molecule has 1 aromatic carbocycles. The highest BCUT2D eigenvalue weighted by molar-refractivity contribution is 5.59. The molecule has 2 rings (SSSR count). The lowest BCUT2D eigenvalue weighted by Gasteiger charge is -2.21. The van der Waals surface area contributed by atoms with Crippen LogP contribution in [0.4, 0.5) is 10.1 Å². The van der Waals surface area contributed by atoms with E-state index >= 15 is 0 Å². The molecule has 5 heteroatoms. The van der Waals surface area contributed by atoms with Gasteiger partial charge in [0.2, 0.25) is 0 Å². The highest BCUT2D eigenvalue weighted by Crippen LogP contribution is 2.43. The van der Waals surface area contributed by atoms with Crippen LogP contribution in [0.5, 0.6) is 0 Å². The van der Waals surface area contributed by atoms with Gasteiger partial charge in [-0.3, -0.25) is 0 Å². The summed E-state index contributed by atoms with van der Waals surface area (Å²) in [6.45, 7) is 4.89. The van der Waals surface area contributed by atoms with Gasteiger partial charge in [-0.2, -0.15) is 10.5 Å². The van der Waals surface area contributed by atoms with Gasteiger partial charge in [0, 0.05) is 19.8 Å². The van der Waals surface area contributed by atoms with Crippen LogP contribution in [-0.4, -0.2) is 19.7 Å². The van der Waals surface area contributed by atoms with Gasteiger partial charge >= 0.3 is 0 Å². The molecule has 29 heavy (non-hydrogen) atoms. The summed E-state index contributed by atoms with van der Waals surface area (Å²) in [5.74, 6) is -0.420. The molecule has 0 fully saturated rings. The van der Waals surface area contributed by atoms with Crippen molar-refractivity contribution in [3.63, 3.8) is 0 Å². The first-order valence-corrected chi connectivity index (χ1v) is 9.14. The van der Waals surface area contributed by atoms with Gasteiger partial charge in [0.1, 0.15) is 23.1 Å². The first-order chi connectivity index (χ1) is 13.7. The maximum Gasteiger partial charge on any atom is 0.152 e. The van der Waals surface area contributed by atoms with Crippen molar-refractivity contribution in [3.05, 3.63) is 82.4 Å². The number of rotatable bonds is 5. The zero-order valence-electron chi connectivity index (χ0n) is 17.3. The lowest BCUT2D eigenvalue weighted by atomic mass is 9.93. The second-order valence-electron chi connectivity index (χ2n) is 7.28. The van der Waals surface area contributed by atoms with E-state index in [4.69, 9.17) is 10.00 Å². The molecule has 0 saturated heterocycles. The van der Waals surface area contributed by atoms with Crippen molar-refractivity contribution in [3.8, 4) is 12.1 Å². The Labute approximate surface area is 171 Å². The summed E-state index contributed by atoms with van der Waals surface area (Å²) >= 11 is 0. The van der Waals surface area contributed by atoms with E-state index in [2.05, 4.69) is 0 Å². The maximum absolute atomic E-state index is 14.8. The zero-order chi connectivity index (χ0) is 21.6. The van der Waals surface area contributed by atoms with Gasteiger partial charge in [-0.15, -0.1) is 0 Å². The molecule has 0 unspecified atom stereocenters. The molecule has 0 aromatic heterocycles. The molecule has 1 heterocycles. The first kappa shape index (κ1) is 21.7. The third kappa shape index (κ3) is 5.03. The summed E-state index contributed by atoms with van der Waals surface area (Å²) < 4.78 is 20.5. The smallest absolute Gasteiger partial charge is 0.152 e. The predicted molar refractivity (Wildman–Crippen MR) is 114 cm³/mol. The normalized spacial score (nSPS) is 18.0. The molecule has 0 radical (unpaired) electrons. The Bertz CT molecular complexity index is 1010. The van der Waals surface area contributed by atoms with E-state index < -0.39 is 11.4 Å². The van der Waals surface area contributed by atoms with E-state index in [-0.39, 0.29) is 22.5 Å². The van der Waals surface area contributed by atoms with Crippen molar-refractivity contribution in [1.29, 1.82) is 10.5 Å². The molecule has 1 aliphatic rings. The molecule has 1 aromatic rings. The number of halogens is 1. The van der Waals surface area contributed by atoms with Crippen LogP contribution >= 0.6 is 0 Å². The molecule has 0 saturated carbocycles. The number of hydrogen-bond donors (Lipinski definition) is 0. The lowest BCUT2D eigenvalue weighted by Crippen LogP contribution is -2.22. The fraction of sp³-hybridized carbons (Fsp3) is 0.250. The minimum Gasteiger partial charge on any atom is -0.481 e. The fourth-order valence-corrected chi connectivity index (χ4v) is 2.94. The van der Waals surface area contributed by atoms with Gasteiger partial charge in [0.05, 0.1) is 17.2 Å². The number of benzene rings is 1. The average molecular weight is 389 g/mol. The molecule has 0 spiro atoms. The zero-order valence-corrected chi connectivity index (χ0v) is 17.3. The highest BCUT2D eigenvalue weighted by Gasteiger charge is 2.41. The number of nitrogens with zero attached hydrogens (tertiary/aromatic N) is 3. The van der Waals surface area contributed by atoms with Crippen LogP contribution in [0.3, 0.4) is 0 Å². The second kappa shape index (κ2) is 9.08. The van der Waals surface area contributed by atoms with Gasteiger partial charge in [-0.25, -0.2) is 4.39 Å². The number of ether oxygens (including phenoxy) is 1. The van der Waals surface area contributed by atoms with Gasteiger partial charge in [-0.05, 0) is 44.5 Å². The third-order valence-electron chi connectivity index (χ3n) is 4.46. The van der Waals surface area contributed by atoms with Crippen LogP contribution in [-0.2, 0) is 4.74 Å². The largest absolute Gasteiger partial charge is 0.481 e. The van der Waals surface area contributed by atoms with Gasteiger partial charge in [0.15, 0.2) is 5.76 Å². The summed E-state index contributed by atoms with van der Waals surface area (Å²) in [4.78, 5) is 2.03. The molecule has 0 amide bonds. The molecule has 4 nitrogen and oxygen atoms in total. The Kier molecular flexibility index (Phi) is 6.80. The molecule has 0 atom stereocenters. The van der Waals surface area contributed by atoms with Crippen molar-refractivity contribution in [2.45, 2.75) is 26.4 Å². The number of allylic oxidation sites excluding steroid dienone is 6. The van der Waals surface area contributed by atoms with Crippen molar-refractivity contribution in [2.75, 3.05) is 19.0 Å². The van der Waals surface area contributed by atoms with Gasteiger partial charge in [0.25, 0.3) is 0 Å². The van der Waals surface area contributed by atoms with E-state index in [0.717, 1.165) is 11.3 Å². The number of anilines is 1. The molecule has 1 aliphatic heterocycles. The Balaban J connectivity index is 2.21. The highest BCUT2D eigenvalue weighted by atomic mass is 19.1. The van der Waals surface area contributed by atoms with Gasteiger partial charge in [-0.1, -0.05) is 36.4 Å². The van der Waals surface area contributed by atoms with E-state index in [1.807, 2.05) is 67.6 Å². The summed E-state index contributed by atoms with van der Waals surface area (Å²) in [7, 11) is 3.97. The number of nitriles is 2. The molecule has 0 N–H and O–H groups in total. The predicted octanol–water partition coefficient (Wildman–Crippen LogP) is 5.60. The van der Waals surface area contributed by atoms with Crippen molar-refractivity contribution >= 4 is 11.8 Å². The van der Waals surface area contributed by atoms with Crippen LogP contribution in [0.25, 0.3) is 6.08 Å². The van der Waals surface area contributed by atoms with Crippen molar-refractivity contribution in [1.82, 2.24) is 0 Å². The van der Waals surface area contributed by atoms with Crippen LogP contribution < -0.4 is 4.90 Å². The standard InChI is InChI=1S/C24H24FN3O/c1-17(15-26)23-20(16-27)22(24(2,3)29-23)21(25)10-8-6-7-9-18-11-13-19(14-12-18)28(4)5/h6-14H,1-5H3/b8-6+,9-7+,21-10-,23-17+. The fourth-order valence-electron chi connectivity index (χ4n) is 2.94. The lowest BCUT2D eigenvalue weighted by molar-refractivity contribution is 0.0917. The summed E-state index contributed by atoms with van der Waals surface area (Å²) in [5.41, 5.74) is 1.58. The summed E-state index contributed by atoms with van der Waals surface area (Å²) in [6, 6.07) is 12.0. The molecular formula is C24H24FN3O. The number of hydrogen-bond acceptors (Lipinski definition) is 4. The quantitative estimate of drug-likeness (QED) is 0.486. The van der Waals surface area contributed by atoms with E-state index in [1.165, 1.54) is 6.08 Å².